The van der Waals surface area contributed by atoms with Crippen LogP contribution >= 0.6 is 11.6 Å². The van der Waals surface area contributed by atoms with Gasteiger partial charge in [0.1, 0.15) is 0 Å². The molecule has 2 heterocycles. The van der Waals surface area contributed by atoms with E-state index in [1.165, 1.54) is 10.6 Å². The van der Waals surface area contributed by atoms with Gasteiger partial charge in [-0.05, 0) is 38.3 Å². The van der Waals surface area contributed by atoms with Crippen molar-refractivity contribution >= 4 is 27.5 Å². The van der Waals surface area contributed by atoms with Crippen molar-refractivity contribution in [2.75, 3.05) is 19.3 Å². The summed E-state index contributed by atoms with van der Waals surface area (Å²) in [6.45, 7) is 5.03. The maximum absolute atomic E-state index is 12.8. The highest BCUT2D eigenvalue weighted by molar-refractivity contribution is 7.88. The summed E-state index contributed by atoms with van der Waals surface area (Å²) in [6.07, 6.45) is 2.42. The summed E-state index contributed by atoms with van der Waals surface area (Å²) < 4.78 is 26.5. The van der Waals surface area contributed by atoms with Crippen molar-refractivity contribution in [3.63, 3.8) is 0 Å². The number of aryl methyl sites for hydroxylation is 1. The van der Waals surface area contributed by atoms with E-state index in [4.69, 9.17) is 11.6 Å². The largest absolute Gasteiger partial charge is 0.349 e. The molecule has 7 nitrogen and oxygen atoms in total. The van der Waals surface area contributed by atoms with Gasteiger partial charge in [0.05, 0.1) is 24.1 Å². The summed E-state index contributed by atoms with van der Waals surface area (Å²) in [4.78, 5) is 12.8. The van der Waals surface area contributed by atoms with Crippen molar-refractivity contribution in [3.8, 4) is 0 Å². The van der Waals surface area contributed by atoms with Gasteiger partial charge >= 0.3 is 0 Å². The second kappa shape index (κ2) is 8.23. The third-order valence-electron chi connectivity index (χ3n) is 5.14. The van der Waals surface area contributed by atoms with Crippen LogP contribution in [0, 0.1) is 13.8 Å². The van der Waals surface area contributed by atoms with Crippen LogP contribution in [0.25, 0.3) is 0 Å². The number of hydrogen-bond donors (Lipinski definition) is 1. The number of rotatable bonds is 5. The fourth-order valence-electron chi connectivity index (χ4n) is 3.56. The minimum Gasteiger partial charge on any atom is -0.349 e. The first-order chi connectivity index (χ1) is 13.2. The summed E-state index contributed by atoms with van der Waals surface area (Å²) in [5.41, 5.74) is 2.95. The average Bonchev–Trinajstić information content (AvgIpc) is 2.90. The van der Waals surface area contributed by atoms with E-state index in [-0.39, 0.29) is 11.9 Å². The van der Waals surface area contributed by atoms with E-state index in [0.29, 0.717) is 48.8 Å². The summed E-state index contributed by atoms with van der Waals surface area (Å²) in [5.74, 6) is -0.168. The third-order valence-corrected chi connectivity index (χ3v) is 6.82. The molecule has 28 heavy (non-hydrogen) atoms. The summed E-state index contributed by atoms with van der Waals surface area (Å²) in [5, 5.41) is 8.22. The number of nitrogens with one attached hydrogen (secondary N) is 1. The normalized spacial score (nSPS) is 16.3. The molecule has 0 atom stereocenters. The first-order valence-electron chi connectivity index (χ1n) is 9.20. The van der Waals surface area contributed by atoms with Gasteiger partial charge in [0.15, 0.2) is 0 Å². The Hall–Kier alpha value is -1.90. The molecule has 3 rings (SSSR count). The zero-order valence-corrected chi connectivity index (χ0v) is 17.8. The summed E-state index contributed by atoms with van der Waals surface area (Å²) >= 11 is 6.24. The molecule has 0 radical (unpaired) electrons. The van der Waals surface area contributed by atoms with Gasteiger partial charge < -0.3 is 5.32 Å². The number of sulfonamides is 1. The fourth-order valence-corrected chi connectivity index (χ4v) is 4.63. The van der Waals surface area contributed by atoms with E-state index in [1.54, 1.807) is 4.68 Å². The lowest BCUT2D eigenvalue weighted by molar-refractivity contribution is 0.0922. The monoisotopic (exact) mass is 424 g/mol. The fraction of sp³-hybridized carbons (Fsp3) is 0.474. The number of carbonyl (C=O) groups excluding carboxylic acids is 1. The van der Waals surface area contributed by atoms with Gasteiger partial charge in [0.25, 0.3) is 5.91 Å². The van der Waals surface area contributed by atoms with E-state index in [2.05, 4.69) is 10.4 Å². The molecular weight excluding hydrogens is 400 g/mol. The van der Waals surface area contributed by atoms with Crippen molar-refractivity contribution in [3.05, 3.63) is 51.8 Å². The molecule has 0 unspecified atom stereocenters. The predicted molar refractivity (Wildman–Crippen MR) is 109 cm³/mol. The Morgan fingerprint density at radius 1 is 1.25 bits per heavy atom. The quantitative estimate of drug-likeness (QED) is 0.798. The summed E-state index contributed by atoms with van der Waals surface area (Å²) in [6, 6.07) is 7.52. The highest BCUT2D eigenvalue weighted by atomic mass is 35.5. The Kier molecular flexibility index (Phi) is 6.12. The topological polar surface area (TPSA) is 84.3 Å². The smallest absolute Gasteiger partial charge is 0.255 e. The van der Waals surface area contributed by atoms with Gasteiger partial charge in [-0.25, -0.2) is 12.7 Å². The number of halogens is 1. The summed E-state index contributed by atoms with van der Waals surface area (Å²) in [7, 11) is -3.18. The van der Waals surface area contributed by atoms with E-state index in [9.17, 15) is 13.2 Å². The molecule has 1 N–H and O–H groups in total. The maximum Gasteiger partial charge on any atom is 0.255 e. The van der Waals surface area contributed by atoms with Crippen LogP contribution in [0.3, 0.4) is 0 Å². The molecule has 1 aromatic carbocycles. The lowest BCUT2D eigenvalue weighted by Crippen LogP contribution is -2.46. The van der Waals surface area contributed by atoms with Crippen LogP contribution in [0.1, 0.15) is 40.2 Å². The first-order valence-corrected chi connectivity index (χ1v) is 11.4. The Labute approximate surface area is 170 Å². The number of amides is 1. The third kappa shape index (κ3) is 4.56. The van der Waals surface area contributed by atoms with Gasteiger partial charge in [-0.1, -0.05) is 29.8 Å². The minimum atomic E-state index is -3.18. The zero-order valence-electron chi connectivity index (χ0n) is 16.3. The van der Waals surface area contributed by atoms with Crippen molar-refractivity contribution in [1.82, 2.24) is 19.4 Å². The number of nitrogens with zero attached hydrogens (tertiary/aromatic N) is 3. The Morgan fingerprint density at radius 2 is 1.89 bits per heavy atom. The van der Waals surface area contributed by atoms with Crippen LogP contribution in [0.5, 0.6) is 0 Å². The SMILES string of the molecule is Cc1nn(Cc2ccccc2Cl)c(C)c1C(=O)NC1CCN(S(C)(=O)=O)CC1. The molecule has 152 valence electrons. The van der Waals surface area contributed by atoms with Gasteiger partial charge in [-0.2, -0.15) is 5.10 Å². The highest BCUT2D eigenvalue weighted by Crippen LogP contribution is 2.20. The van der Waals surface area contributed by atoms with E-state index in [1.807, 2.05) is 38.1 Å². The molecule has 0 saturated carbocycles. The van der Waals surface area contributed by atoms with Crippen LogP contribution in [0.2, 0.25) is 5.02 Å². The van der Waals surface area contributed by atoms with E-state index < -0.39 is 10.0 Å². The minimum absolute atomic E-state index is 0.0452. The molecule has 0 aliphatic carbocycles. The van der Waals surface area contributed by atoms with Crippen molar-refractivity contribution < 1.29 is 13.2 Å². The molecule has 1 fully saturated rings. The number of carbonyl (C=O) groups is 1. The number of piperidine rings is 1. The van der Waals surface area contributed by atoms with Gasteiger partial charge in [-0.15, -0.1) is 0 Å². The molecule has 1 aliphatic rings. The second-order valence-corrected chi connectivity index (χ2v) is 9.59. The van der Waals surface area contributed by atoms with Crippen LogP contribution in [0.4, 0.5) is 0 Å². The second-order valence-electron chi connectivity index (χ2n) is 7.20. The zero-order chi connectivity index (χ0) is 20.5. The average molecular weight is 425 g/mol. The van der Waals surface area contributed by atoms with Crippen molar-refractivity contribution in [1.29, 1.82) is 0 Å². The molecule has 1 aromatic heterocycles. The van der Waals surface area contributed by atoms with Crippen molar-refractivity contribution in [2.24, 2.45) is 0 Å². The molecule has 1 amide bonds. The maximum atomic E-state index is 12.8. The molecule has 2 aromatic rings. The van der Waals surface area contributed by atoms with Gasteiger partial charge in [0.2, 0.25) is 10.0 Å². The van der Waals surface area contributed by atoms with E-state index in [0.717, 1.165) is 11.3 Å². The molecule has 0 bridgehead atoms. The van der Waals surface area contributed by atoms with Crippen LogP contribution < -0.4 is 5.32 Å². The Balaban J connectivity index is 1.70. The predicted octanol–water partition coefficient (Wildman–Crippen LogP) is 2.36. The Morgan fingerprint density at radius 3 is 2.50 bits per heavy atom. The lowest BCUT2D eigenvalue weighted by Gasteiger charge is -2.30. The van der Waals surface area contributed by atoms with Gasteiger partial charge in [-0.3, -0.25) is 9.48 Å². The van der Waals surface area contributed by atoms with Crippen LogP contribution in [0.15, 0.2) is 24.3 Å². The van der Waals surface area contributed by atoms with Crippen LogP contribution in [-0.2, 0) is 16.6 Å². The number of benzene rings is 1. The van der Waals surface area contributed by atoms with Gasteiger partial charge in [0, 0.05) is 29.8 Å². The highest BCUT2D eigenvalue weighted by Gasteiger charge is 2.27. The number of aromatic nitrogens is 2. The Bertz CT molecular complexity index is 979. The first kappa shape index (κ1) is 20.8. The lowest BCUT2D eigenvalue weighted by atomic mass is 10.1. The molecule has 1 aliphatic heterocycles. The molecular formula is C19H25ClN4O3S. The molecule has 0 spiro atoms. The van der Waals surface area contributed by atoms with Crippen LogP contribution in [-0.4, -0.2) is 53.8 Å². The molecule has 9 heteroatoms. The van der Waals surface area contributed by atoms with Crippen molar-refractivity contribution in [2.45, 2.75) is 39.3 Å². The number of hydrogen-bond acceptors (Lipinski definition) is 4. The molecule has 1 saturated heterocycles. The standard InChI is InChI=1S/C19H25ClN4O3S/c1-13-18(14(2)24(22-13)12-15-6-4-5-7-17(15)20)19(25)21-16-8-10-23(11-9-16)28(3,26)27/h4-7,16H,8-12H2,1-3H3,(H,21,25). The van der Waals surface area contributed by atoms with E-state index >= 15 is 0 Å².